The lowest BCUT2D eigenvalue weighted by Gasteiger charge is -2.08. The summed E-state index contributed by atoms with van der Waals surface area (Å²) in [7, 11) is 0. The lowest BCUT2D eigenvalue weighted by Crippen LogP contribution is -2.07. The van der Waals surface area contributed by atoms with E-state index in [9.17, 15) is 22.0 Å². The molecule has 0 spiro atoms. The molecular formula is C21H32F5N. The average molecular weight is 393 g/mol. The van der Waals surface area contributed by atoms with Crippen LogP contribution in [-0.2, 0) is 6.42 Å². The van der Waals surface area contributed by atoms with Crippen molar-refractivity contribution in [3.8, 4) is 0 Å². The van der Waals surface area contributed by atoms with Crippen LogP contribution in [0.25, 0.3) is 0 Å². The Balaban J connectivity index is 2.06. The van der Waals surface area contributed by atoms with Crippen molar-refractivity contribution >= 4 is 0 Å². The third kappa shape index (κ3) is 8.58. The first kappa shape index (κ1) is 23.9. The molecule has 2 N–H and O–H groups in total. The van der Waals surface area contributed by atoms with E-state index in [0.717, 1.165) is 38.6 Å². The van der Waals surface area contributed by atoms with E-state index in [0.29, 0.717) is 6.42 Å². The Kier molecular flexibility index (Phi) is 12.3. The maximum Gasteiger partial charge on any atom is 0.200 e. The molecule has 1 aromatic carbocycles. The summed E-state index contributed by atoms with van der Waals surface area (Å²) in [5, 5.41) is 0. The molecule has 0 aliphatic rings. The molecule has 0 fully saturated rings. The molecule has 0 aliphatic carbocycles. The van der Waals surface area contributed by atoms with Gasteiger partial charge in [-0.15, -0.1) is 0 Å². The number of hydrogen-bond donors (Lipinski definition) is 1. The minimum atomic E-state index is -2.09. The van der Waals surface area contributed by atoms with Crippen molar-refractivity contribution < 1.29 is 22.0 Å². The minimum absolute atomic E-state index is 0.129. The molecule has 27 heavy (non-hydrogen) atoms. The second-order valence-corrected chi connectivity index (χ2v) is 7.18. The van der Waals surface area contributed by atoms with E-state index in [4.69, 9.17) is 5.73 Å². The predicted molar refractivity (Wildman–Crippen MR) is 99.0 cm³/mol. The minimum Gasteiger partial charge on any atom is -0.330 e. The predicted octanol–water partition coefficient (Wildman–Crippen LogP) is 6.95. The Hall–Kier alpha value is -1.17. The Morgan fingerprint density at radius 1 is 0.407 bits per heavy atom. The molecule has 1 aromatic rings. The average Bonchev–Trinajstić information content (AvgIpc) is 2.67. The van der Waals surface area contributed by atoms with Crippen molar-refractivity contribution in [1.82, 2.24) is 0 Å². The molecule has 0 aliphatic heterocycles. The molecule has 0 saturated heterocycles. The van der Waals surface area contributed by atoms with Crippen LogP contribution in [0, 0.1) is 29.1 Å². The maximum atomic E-state index is 13.5. The van der Waals surface area contributed by atoms with Crippen LogP contribution in [0.1, 0.15) is 89.0 Å². The zero-order valence-corrected chi connectivity index (χ0v) is 16.1. The van der Waals surface area contributed by atoms with Gasteiger partial charge in [-0.1, -0.05) is 70.6 Å². The van der Waals surface area contributed by atoms with Gasteiger partial charge < -0.3 is 5.73 Å². The second-order valence-electron chi connectivity index (χ2n) is 7.18. The van der Waals surface area contributed by atoms with Gasteiger partial charge in [0.25, 0.3) is 0 Å². The topological polar surface area (TPSA) is 26.0 Å². The van der Waals surface area contributed by atoms with E-state index in [1.165, 1.54) is 44.9 Å². The van der Waals surface area contributed by atoms with Gasteiger partial charge in [0.2, 0.25) is 5.82 Å². The van der Waals surface area contributed by atoms with Crippen molar-refractivity contribution in [1.29, 1.82) is 0 Å². The van der Waals surface area contributed by atoms with Crippen LogP contribution >= 0.6 is 0 Å². The van der Waals surface area contributed by atoms with Crippen molar-refractivity contribution in [3.05, 3.63) is 34.6 Å². The molecule has 0 bridgehead atoms. The molecular weight excluding hydrogens is 361 g/mol. The number of unbranched alkanes of at least 4 members (excludes halogenated alkanes) is 12. The zero-order valence-electron chi connectivity index (χ0n) is 16.1. The number of halogens is 5. The fraction of sp³-hybridized carbons (Fsp3) is 0.714. The van der Waals surface area contributed by atoms with Crippen molar-refractivity contribution in [2.75, 3.05) is 6.54 Å². The maximum absolute atomic E-state index is 13.5. The Morgan fingerprint density at radius 3 is 1.07 bits per heavy atom. The summed E-state index contributed by atoms with van der Waals surface area (Å²) in [6.45, 7) is 0.779. The van der Waals surface area contributed by atoms with Crippen LogP contribution in [-0.4, -0.2) is 6.54 Å². The van der Waals surface area contributed by atoms with E-state index >= 15 is 0 Å². The van der Waals surface area contributed by atoms with Gasteiger partial charge in [-0.05, 0) is 25.8 Å². The number of nitrogens with two attached hydrogens (primary N) is 1. The Morgan fingerprint density at radius 2 is 0.704 bits per heavy atom. The monoisotopic (exact) mass is 393 g/mol. The fourth-order valence-corrected chi connectivity index (χ4v) is 3.26. The van der Waals surface area contributed by atoms with Gasteiger partial charge in [0, 0.05) is 5.56 Å². The van der Waals surface area contributed by atoms with Gasteiger partial charge in [-0.2, -0.15) is 0 Å². The molecule has 6 heteroatoms. The van der Waals surface area contributed by atoms with Gasteiger partial charge in [-0.3, -0.25) is 0 Å². The van der Waals surface area contributed by atoms with Gasteiger partial charge in [0.05, 0.1) is 0 Å². The lowest BCUT2D eigenvalue weighted by molar-refractivity contribution is 0.368. The van der Waals surface area contributed by atoms with Crippen LogP contribution in [0.3, 0.4) is 0 Å². The molecule has 0 amide bonds. The van der Waals surface area contributed by atoms with E-state index in [2.05, 4.69) is 0 Å². The highest BCUT2D eigenvalue weighted by molar-refractivity contribution is 5.24. The first-order valence-electron chi connectivity index (χ1n) is 10.2. The summed E-state index contributed by atoms with van der Waals surface area (Å²) in [6, 6.07) is 0. The molecule has 0 heterocycles. The highest BCUT2D eigenvalue weighted by Gasteiger charge is 2.24. The van der Waals surface area contributed by atoms with E-state index in [1.54, 1.807) is 0 Å². The molecule has 0 aromatic heterocycles. The summed E-state index contributed by atoms with van der Waals surface area (Å²) in [5.74, 6) is -9.21. The van der Waals surface area contributed by atoms with Gasteiger partial charge in [0.15, 0.2) is 23.3 Å². The number of hydrogen-bond acceptors (Lipinski definition) is 1. The normalized spacial score (nSPS) is 11.3. The van der Waals surface area contributed by atoms with E-state index in [1.807, 2.05) is 0 Å². The summed E-state index contributed by atoms with van der Waals surface area (Å²) >= 11 is 0. The SMILES string of the molecule is NCCCCCCCCCCCCCCCc1c(F)c(F)c(F)c(F)c1F. The highest BCUT2D eigenvalue weighted by atomic mass is 19.2. The van der Waals surface area contributed by atoms with E-state index < -0.39 is 34.6 Å². The number of benzene rings is 1. The second kappa shape index (κ2) is 13.9. The molecule has 0 unspecified atom stereocenters. The first-order chi connectivity index (χ1) is 13.0. The van der Waals surface area contributed by atoms with Crippen molar-refractivity contribution in [2.24, 2.45) is 5.73 Å². The summed E-state index contributed by atoms with van der Waals surface area (Å²) in [6.07, 6.45) is 13.9. The fourth-order valence-electron chi connectivity index (χ4n) is 3.26. The molecule has 1 rings (SSSR count). The van der Waals surface area contributed by atoms with Crippen LogP contribution < -0.4 is 5.73 Å². The highest BCUT2D eigenvalue weighted by Crippen LogP contribution is 2.24. The van der Waals surface area contributed by atoms with Crippen molar-refractivity contribution in [3.63, 3.8) is 0 Å². The largest absolute Gasteiger partial charge is 0.330 e. The zero-order chi connectivity index (χ0) is 20.1. The third-order valence-electron chi connectivity index (χ3n) is 4.93. The molecule has 0 radical (unpaired) electrons. The molecule has 0 atom stereocenters. The first-order valence-corrected chi connectivity index (χ1v) is 10.2. The summed E-state index contributed by atoms with van der Waals surface area (Å²) < 4.78 is 66.3. The van der Waals surface area contributed by atoms with Crippen LogP contribution in [0.2, 0.25) is 0 Å². The quantitative estimate of drug-likeness (QED) is 0.148. The smallest absolute Gasteiger partial charge is 0.200 e. The van der Waals surface area contributed by atoms with Gasteiger partial charge in [-0.25, -0.2) is 22.0 Å². The van der Waals surface area contributed by atoms with Crippen LogP contribution in [0.5, 0.6) is 0 Å². The van der Waals surface area contributed by atoms with Crippen LogP contribution in [0.4, 0.5) is 22.0 Å². The number of rotatable bonds is 15. The third-order valence-corrected chi connectivity index (χ3v) is 4.93. The molecule has 1 nitrogen and oxygen atoms in total. The van der Waals surface area contributed by atoms with E-state index in [-0.39, 0.29) is 6.42 Å². The summed E-state index contributed by atoms with van der Waals surface area (Å²) in [4.78, 5) is 0. The van der Waals surface area contributed by atoms with Crippen LogP contribution in [0.15, 0.2) is 0 Å². The van der Waals surface area contributed by atoms with Crippen molar-refractivity contribution in [2.45, 2.75) is 89.9 Å². The standard InChI is InChI=1S/C21H32F5N/c22-17-16(18(23)20(25)21(26)19(17)24)14-12-10-8-6-4-2-1-3-5-7-9-11-13-15-27/h1-15,27H2. The Bertz CT molecular complexity index is 519. The lowest BCUT2D eigenvalue weighted by atomic mass is 10.0. The molecule has 156 valence electrons. The van der Waals surface area contributed by atoms with Gasteiger partial charge in [0.1, 0.15) is 0 Å². The summed E-state index contributed by atoms with van der Waals surface area (Å²) in [5.41, 5.74) is 4.75. The van der Waals surface area contributed by atoms with Gasteiger partial charge >= 0.3 is 0 Å². The molecule has 0 saturated carbocycles. The Labute approximate surface area is 159 Å².